The summed E-state index contributed by atoms with van der Waals surface area (Å²) in [6, 6.07) is 1.97. The Hall–Kier alpha value is -2.11. The van der Waals surface area contributed by atoms with Crippen molar-refractivity contribution in [1.29, 1.82) is 0 Å². The molecule has 2 N–H and O–H groups in total. The van der Waals surface area contributed by atoms with Crippen LogP contribution in [0.15, 0.2) is 43.0 Å². The number of nitrogens with one attached hydrogen (secondary N) is 2. The number of nitrogens with zero attached hydrogens (tertiary/aromatic N) is 2. The Morgan fingerprint density at radius 2 is 2.11 bits per heavy atom. The minimum absolute atomic E-state index is 0.158. The Labute approximate surface area is 168 Å². The van der Waals surface area contributed by atoms with Gasteiger partial charge in [-0.25, -0.2) is 4.98 Å². The predicted octanol–water partition coefficient (Wildman–Crippen LogP) is 4.50. The maximum Gasteiger partial charge on any atom is 0.238 e. The Morgan fingerprint density at radius 1 is 1.37 bits per heavy atom. The van der Waals surface area contributed by atoms with Crippen LogP contribution >= 0.6 is 11.6 Å². The molecule has 1 amide bonds. The molecule has 1 aromatic rings. The highest BCUT2D eigenvalue weighted by Crippen LogP contribution is 2.33. The van der Waals surface area contributed by atoms with Crippen molar-refractivity contribution >= 4 is 28.9 Å². The van der Waals surface area contributed by atoms with Crippen LogP contribution in [0.2, 0.25) is 5.15 Å². The van der Waals surface area contributed by atoms with Crippen molar-refractivity contribution in [3.05, 3.63) is 53.9 Å². The Kier molecular flexibility index (Phi) is 10.5. The molecule has 148 valence electrons. The molecular weight excluding hydrogens is 360 g/mol. The molecule has 0 bridgehead atoms. The first-order valence-electron chi connectivity index (χ1n) is 9.32. The van der Waals surface area contributed by atoms with Crippen LogP contribution in [-0.2, 0) is 4.79 Å². The highest BCUT2D eigenvalue weighted by Gasteiger charge is 2.17. The van der Waals surface area contributed by atoms with Crippen molar-refractivity contribution in [2.45, 2.75) is 33.6 Å². The van der Waals surface area contributed by atoms with Gasteiger partial charge in [-0.3, -0.25) is 4.79 Å². The van der Waals surface area contributed by atoms with Crippen LogP contribution in [0.1, 0.15) is 32.4 Å². The van der Waals surface area contributed by atoms with E-state index in [1.54, 1.807) is 6.08 Å². The smallest absolute Gasteiger partial charge is 0.238 e. The first-order valence-corrected chi connectivity index (χ1v) is 9.70. The Balaban J connectivity index is 2.83. The first-order chi connectivity index (χ1) is 12.9. The molecule has 0 atom stereocenters. The molecule has 27 heavy (non-hydrogen) atoms. The zero-order chi connectivity index (χ0) is 20.2. The third-order valence-corrected chi connectivity index (χ3v) is 4.23. The summed E-state index contributed by atoms with van der Waals surface area (Å²) in [5.41, 5.74) is 3.18. The maximum absolute atomic E-state index is 12.4. The molecule has 6 heteroatoms. The van der Waals surface area contributed by atoms with E-state index < -0.39 is 0 Å². The van der Waals surface area contributed by atoms with Gasteiger partial charge in [-0.05, 0) is 31.9 Å². The van der Waals surface area contributed by atoms with Gasteiger partial charge in [-0.2, -0.15) is 0 Å². The van der Waals surface area contributed by atoms with Crippen molar-refractivity contribution < 1.29 is 4.79 Å². The van der Waals surface area contributed by atoms with Gasteiger partial charge in [0, 0.05) is 25.3 Å². The number of amides is 1. The number of carbonyl (C=O) groups is 1. The van der Waals surface area contributed by atoms with E-state index in [1.165, 1.54) is 0 Å². The number of hydrogen-bond acceptors (Lipinski definition) is 4. The number of halogens is 1. The van der Waals surface area contributed by atoms with E-state index in [2.05, 4.69) is 47.5 Å². The van der Waals surface area contributed by atoms with Crippen LogP contribution in [0.4, 0.5) is 11.4 Å². The van der Waals surface area contributed by atoms with Gasteiger partial charge in [-0.15, -0.1) is 0 Å². The standard InChI is InChI=1S/C21H31ClN4O/c1-6-9-11-16(4)14-23-15-19(27)25-20-18(13-17(5)24-21(20)22)26(8-3)12-10-7-2/h6,9,11,13,23H,1,4,7-8,10,12,14-15H2,2-3,5H3,(H,25,27)/b11-9-. The summed E-state index contributed by atoms with van der Waals surface area (Å²) < 4.78 is 0. The highest BCUT2D eigenvalue weighted by molar-refractivity contribution is 6.33. The van der Waals surface area contributed by atoms with Crippen molar-refractivity contribution in [1.82, 2.24) is 10.3 Å². The number of aromatic nitrogens is 1. The predicted molar refractivity (Wildman–Crippen MR) is 117 cm³/mol. The van der Waals surface area contributed by atoms with Crippen LogP contribution < -0.4 is 15.5 Å². The van der Waals surface area contributed by atoms with E-state index >= 15 is 0 Å². The van der Waals surface area contributed by atoms with Crippen molar-refractivity contribution in [3.63, 3.8) is 0 Å². The second-order valence-electron chi connectivity index (χ2n) is 6.29. The summed E-state index contributed by atoms with van der Waals surface area (Å²) in [5, 5.41) is 6.29. The fourth-order valence-electron chi connectivity index (χ4n) is 2.56. The number of pyridine rings is 1. The lowest BCUT2D eigenvalue weighted by Gasteiger charge is -2.26. The Morgan fingerprint density at radius 3 is 2.74 bits per heavy atom. The van der Waals surface area contributed by atoms with Gasteiger partial charge >= 0.3 is 0 Å². The second-order valence-corrected chi connectivity index (χ2v) is 6.64. The van der Waals surface area contributed by atoms with Crippen molar-refractivity contribution in [2.75, 3.05) is 36.4 Å². The number of carbonyl (C=O) groups excluding carboxylic acids is 1. The SMILES string of the molecule is C=C/C=C\C(=C)CNCC(=O)Nc1c(N(CC)CCCC)cc(C)nc1Cl. The van der Waals surface area contributed by atoms with Crippen LogP contribution in [0.5, 0.6) is 0 Å². The first kappa shape index (κ1) is 22.9. The summed E-state index contributed by atoms with van der Waals surface area (Å²) >= 11 is 6.35. The molecule has 1 heterocycles. The normalized spacial score (nSPS) is 10.8. The quantitative estimate of drug-likeness (QED) is 0.407. The van der Waals surface area contributed by atoms with Crippen LogP contribution in [0, 0.1) is 6.92 Å². The summed E-state index contributed by atoms with van der Waals surface area (Å²) in [5.74, 6) is -0.171. The molecule has 0 unspecified atom stereocenters. The molecule has 0 spiro atoms. The topological polar surface area (TPSA) is 57.3 Å². The van der Waals surface area contributed by atoms with Crippen LogP contribution in [-0.4, -0.2) is 37.1 Å². The second kappa shape index (κ2) is 12.3. The van der Waals surface area contributed by atoms with E-state index in [0.29, 0.717) is 17.4 Å². The van der Waals surface area contributed by atoms with Gasteiger partial charge in [0.25, 0.3) is 0 Å². The molecule has 1 aromatic heterocycles. The minimum Gasteiger partial charge on any atom is -0.370 e. The number of anilines is 2. The van der Waals surface area contributed by atoms with Crippen LogP contribution in [0.3, 0.4) is 0 Å². The van der Waals surface area contributed by atoms with E-state index in [4.69, 9.17) is 11.6 Å². The number of hydrogen-bond donors (Lipinski definition) is 2. The average molecular weight is 391 g/mol. The molecule has 0 fully saturated rings. The van der Waals surface area contributed by atoms with Crippen LogP contribution in [0.25, 0.3) is 0 Å². The monoisotopic (exact) mass is 390 g/mol. The molecule has 1 rings (SSSR count). The lowest BCUT2D eigenvalue weighted by atomic mass is 10.2. The molecular formula is C21H31ClN4O. The van der Waals surface area contributed by atoms with Crippen molar-refractivity contribution in [3.8, 4) is 0 Å². The number of unbranched alkanes of at least 4 members (excludes halogenated alkanes) is 1. The molecule has 0 radical (unpaired) electrons. The number of allylic oxidation sites excluding steroid dienone is 2. The summed E-state index contributed by atoms with van der Waals surface area (Å²) in [6.07, 6.45) is 7.52. The van der Waals surface area contributed by atoms with E-state index in [1.807, 2.05) is 25.1 Å². The number of rotatable bonds is 12. The Bertz CT molecular complexity index is 685. The van der Waals surface area contributed by atoms with E-state index in [9.17, 15) is 4.79 Å². The maximum atomic E-state index is 12.4. The third-order valence-electron chi connectivity index (χ3n) is 3.96. The van der Waals surface area contributed by atoms with E-state index in [-0.39, 0.29) is 12.5 Å². The van der Waals surface area contributed by atoms with Gasteiger partial charge in [0.05, 0.1) is 12.2 Å². The van der Waals surface area contributed by atoms with Gasteiger partial charge < -0.3 is 15.5 Å². The highest BCUT2D eigenvalue weighted by atomic mass is 35.5. The van der Waals surface area contributed by atoms with Gasteiger partial charge in [0.15, 0.2) is 5.15 Å². The largest absolute Gasteiger partial charge is 0.370 e. The average Bonchev–Trinajstić information content (AvgIpc) is 2.63. The summed E-state index contributed by atoms with van der Waals surface area (Å²) in [7, 11) is 0. The van der Waals surface area contributed by atoms with Crippen molar-refractivity contribution in [2.24, 2.45) is 0 Å². The lowest BCUT2D eigenvalue weighted by molar-refractivity contribution is -0.115. The zero-order valence-electron chi connectivity index (χ0n) is 16.6. The zero-order valence-corrected chi connectivity index (χ0v) is 17.4. The molecule has 0 saturated heterocycles. The van der Waals surface area contributed by atoms with Gasteiger partial charge in [-0.1, -0.05) is 56.3 Å². The fraction of sp³-hybridized carbons (Fsp3) is 0.429. The molecule has 0 aliphatic rings. The summed E-state index contributed by atoms with van der Waals surface area (Å²) in [4.78, 5) is 18.9. The molecule has 0 aliphatic heterocycles. The minimum atomic E-state index is -0.171. The van der Waals surface area contributed by atoms with Gasteiger partial charge in [0.2, 0.25) is 5.91 Å². The molecule has 0 saturated carbocycles. The molecule has 0 aliphatic carbocycles. The molecule has 5 nitrogen and oxygen atoms in total. The third kappa shape index (κ3) is 7.97. The fourth-order valence-corrected chi connectivity index (χ4v) is 2.84. The van der Waals surface area contributed by atoms with Gasteiger partial charge in [0.1, 0.15) is 5.69 Å². The lowest BCUT2D eigenvalue weighted by Crippen LogP contribution is -2.31. The van der Waals surface area contributed by atoms with E-state index in [0.717, 1.165) is 42.9 Å². The summed E-state index contributed by atoms with van der Waals surface area (Å²) in [6.45, 7) is 16.1. The number of aryl methyl sites for hydroxylation is 1. The molecule has 0 aromatic carbocycles.